The highest BCUT2D eigenvalue weighted by Crippen LogP contribution is 2.33. The molecule has 0 unspecified atom stereocenters. The van der Waals surface area contributed by atoms with Gasteiger partial charge in [0, 0.05) is 24.7 Å². The first-order valence-corrected chi connectivity index (χ1v) is 5.15. The van der Waals surface area contributed by atoms with Crippen molar-refractivity contribution < 1.29 is 9.18 Å². The third-order valence-electron chi connectivity index (χ3n) is 2.43. The first kappa shape index (κ1) is 9.65. The summed E-state index contributed by atoms with van der Waals surface area (Å²) in [6.07, 6.45) is 0.597. The number of benzene rings is 1. The Kier molecular flexibility index (Phi) is 2.31. The first-order chi connectivity index (χ1) is 6.61. The molecule has 1 aliphatic rings. The molecule has 0 bridgehead atoms. The van der Waals surface area contributed by atoms with Gasteiger partial charge in [-0.15, -0.1) is 0 Å². The molecule has 14 heavy (non-hydrogen) atoms. The topological polar surface area (TPSA) is 20.3 Å². The molecule has 1 aromatic rings. The van der Waals surface area contributed by atoms with Gasteiger partial charge in [0.25, 0.3) is 0 Å². The molecule has 2 nitrogen and oxygen atoms in total. The Balaban J connectivity index is 2.53. The first-order valence-electron chi connectivity index (χ1n) is 4.36. The maximum Gasteiger partial charge on any atom is 0.223 e. The summed E-state index contributed by atoms with van der Waals surface area (Å²) in [7, 11) is 0. The van der Waals surface area contributed by atoms with Crippen LogP contribution in [0.1, 0.15) is 12.5 Å². The molecule has 0 spiro atoms. The molecule has 1 amide bonds. The minimum absolute atomic E-state index is 0.0366. The highest BCUT2D eigenvalue weighted by Gasteiger charge is 2.25. The van der Waals surface area contributed by atoms with Crippen LogP contribution >= 0.6 is 15.9 Å². The fourth-order valence-electron chi connectivity index (χ4n) is 1.74. The highest BCUT2D eigenvalue weighted by atomic mass is 79.9. The molecule has 1 aliphatic heterocycles. The molecular formula is C10H9BrFNO. The van der Waals surface area contributed by atoms with Gasteiger partial charge in [-0.05, 0) is 34.5 Å². The SMILES string of the molecule is CC(=O)N1CCc2c1ccc(Br)c2F. The number of carbonyl (C=O) groups excluding carboxylic acids is 1. The fraction of sp³-hybridized carbons (Fsp3) is 0.300. The van der Waals surface area contributed by atoms with E-state index in [0.29, 0.717) is 28.7 Å². The van der Waals surface area contributed by atoms with Crippen LogP contribution in [-0.2, 0) is 11.2 Å². The maximum absolute atomic E-state index is 13.6. The predicted molar refractivity (Wildman–Crippen MR) is 55.8 cm³/mol. The van der Waals surface area contributed by atoms with Gasteiger partial charge in [0.05, 0.1) is 4.47 Å². The number of carbonyl (C=O) groups is 1. The molecule has 0 N–H and O–H groups in total. The molecule has 1 heterocycles. The number of anilines is 1. The normalized spacial score (nSPS) is 14.4. The largest absolute Gasteiger partial charge is 0.312 e. The number of fused-ring (bicyclic) bond motifs is 1. The number of halogens is 2. The number of nitrogens with zero attached hydrogens (tertiary/aromatic N) is 1. The molecule has 0 saturated carbocycles. The molecule has 2 rings (SSSR count). The van der Waals surface area contributed by atoms with E-state index in [1.54, 1.807) is 17.0 Å². The van der Waals surface area contributed by atoms with Crippen molar-refractivity contribution in [1.29, 1.82) is 0 Å². The third kappa shape index (κ3) is 1.34. The van der Waals surface area contributed by atoms with Crippen LogP contribution in [0.2, 0.25) is 0 Å². The molecule has 4 heteroatoms. The second-order valence-electron chi connectivity index (χ2n) is 3.28. The van der Waals surface area contributed by atoms with E-state index in [0.717, 1.165) is 0 Å². The zero-order valence-electron chi connectivity index (χ0n) is 7.68. The Morgan fingerprint density at radius 1 is 1.57 bits per heavy atom. The maximum atomic E-state index is 13.6. The van der Waals surface area contributed by atoms with Crippen LogP contribution in [0.15, 0.2) is 16.6 Å². The molecule has 1 aromatic carbocycles. The van der Waals surface area contributed by atoms with Gasteiger partial charge >= 0.3 is 0 Å². The Bertz CT molecular complexity index is 405. The van der Waals surface area contributed by atoms with E-state index >= 15 is 0 Å². The van der Waals surface area contributed by atoms with E-state index in [1.165, 1.54) is 6.92 Å². The molecule has 0 radical (unpaired) electrons. The van der Waals surface area contributed by atoms with Gasteiger partial charge in [0.2, 0.25) is 5.91 Å². The summed E-state index contributed by atoms with van der Waals surface area (Å²) >= 11 is 3.13. The van der Waals surface area contributed by atoms with Crippen LogP contribution in [-0.4, -0.2) is 12.5 Å². The summed E-state index contributed by atoms with van der Waals surface area (Å²) in [5.74, 6) is -0.281. The molecular weight excluding hydrogens is 249 g/mol. The second kappa shape index (κ2) is 3.35. The van der Waals surface area contributed by atoms with Crippen molar-refractivity contribution in [3.8, 4) is 0 Å². The van der Waals surface area contributed by atoms with E-state index in [4.69, 9.17) is 0 Å². The Morgan fingerprint density at radius 3 is 2.93 bits per heavy atom. The molecule has 74 valence electrons. The smallest absolute Gasteiger partial charge is 0.223 e. The lowest BCUT2D eigenvalue weighted by Crippen LogP contribution is -2.25. The van der Waals surface area contributed by atoms with E-state index < -0.39 is 0 Å². The van der Waals surface area contributed by atoms with Crippen molar-refractivity contribution in [3.63, 3.8) is 0 Å². The van der Waals surface area contributed by atoms with E-state index in [9.17, 15) is 9.18 Å². The predicted octanol–water partition coefficient (Wildman–Crippen LogP) is 2.50. The summed E-state index contributed by atoms with van der Waals surface area (Å²) in [5, 5.41) is 0. The lowest BCUT2D eigenvalue weighted by molar-refractivity contribution is -0.116. The standard InChI is InChI=1S/C10H9BrFNO/c1-6(14)13-5-4-7-9(13)3-2-8(11)10(7)12/h2-3H,4-5H2,1H3. The van der Waals surface area contributed by atoms with E-state index in [1.807, 2.05) is 0 Å². The minimum Gasteiger partial charge on any atom is -0.312 e. The minimum atomic E-state index is -0.244. The second-order valence-corrected chi connectivity index (χ2v) is 4.13. The molecule has 0 atom stereocenters. The average Bonchev–Trinajstić information content (AvgIpc) is 2.55. The summed E-state index contributed by atoms with van der Waals surface area (Å²) in [4.78, 5) is 12.8. The molecule has 0 fully saturated rings. The highest BCUT2D eigenvalue weighted by molar-refractivity contribution is 9.10. The number of amides is 1. The lowest BCUT2D eigenvalue weighted by atomic mass is 10.1. The summed E-state index contributed by atoms with van der Waals surface area (Å²) in [5.41, 5.74) is 1.34. The molecule has 0 aliphatic carbocycles. The molecule has 0 saturated heterocycles. The van der Waals surface area contributed by atoms with Crippen LogP contribution in [0, 0.1) is 5.82 Å². The van der Waals surface area contributed by atoms with Crippen molar-refractivity contribution in [3.05, 3.63) is 28.0 Å². The number of hydrogen-bond acceptors (Lipinski definition) is 1. The van der Waals surface area contributed by atoms with Gasteiger partial charge in [0.1, 0.15) is 5.82 Å². The summed E-state index contributed by atoms with van der Waals surface area (Å²) in [6, 6.07) is 3.41. The molecule has 0 aromatic heterocycles. The van der Waals surface area contributed by atoms with Crippen molar-refractivity contribution in [2.24, 2.45) is 0 Å². The van der Waals surface area contributed by atoms with Crippen molar-refractivity contribution in [2.75, 3.05) is 11.4 Å². The van der Waals surface area contributed by atoms with Gasteiger partial charge in [-0.3, -0.25) is 4.79 Å². The number of hydrogen-bond donors (Lipinski definition) is 0. The summed E-state index contributed by atoms with van der Waals surface area (Å²) < 4.78 is 14.0. The average molecular weight is 258 g/mol. The van der Waals surface area contributed by atoms with E-state index in [2.05, 4.69) is 15.9 Å². The van der Waals surface area contributed by atoms with Crippen molar-refractivity contribution in [2.45, 2.75) is 13.3 Å². The monoisotopic (exact) mass is 257 g/mol. The zero-order chi connectivity index (χ0) is 10.3. The Hall–Kier alpha value is -0.900. The van der Waals surface area contributed by atoms with Gasteiger partial charge in [0.15, 0.2) is 0 Å². The number of rotatable bonds is 0. The third-order valence-corrected chi connectivity index (χ3v) is 3.04. The van der Waals surface area contributed by atoms with Crippen molar-refractivity contribution >= 4 is 27.5 Å². The zero-order valence-corrected chi connectivity index (χ0v) is 9.27. The summed E-state index contributed by atoms with van der Waals surface area (Å²) in [6.45, 7) is 2.08. The van der Waals surface area contributed by atoms with Crippen molar-refractivity contribution in [1.82, 2.24) is 0 Å². The van der Waals surface area contributed by atoms with Gasteiger partial charge in [-0.2, -0.15) is 0 Å². The van der Waals surface area contributed by atoms with Crippen LogP contribution in [0.5, 0.6) is 0 Å². The van der Waals surface area contributed by atoms with Gasteiger partial charge in [-0.25, -0.2) is 4.39 Å². The van der Waals surface area contributed by atoms with Crippen LogP contribution in [0.4, 0.5) is 10.1 Å². The van der Waals surface area contributed by atoms with Crippen LogP contribution < -0.4 is 4.90 Å². The lowest BCUT2D eigenvalue weighted by Gasteiger charge is -2.14. The van der Waals surface area contributed by atoms with Crippen LogP contribution in [0.3, 0.4) is 0 Å². The van der Waals surface area contributed by atoms with E-state index in [-0.39, 0.29) is 11.7 Å². The Morgan fingerprint density at radius 2 is 2.29 bits per heavy atom. The Labute approximate surface area is 89.8 Å². The van der Waals surface area contributed by atoms with Crippen LogP contribution in [0.25, 0.3) is 0 Å². The quantitative estimate of drug-likeness (QED) is 0.700. The fourth-order valence-corrected chi connectivity index (χ4v) is 2.12. The van der Waals surface area contributed by atoms with Gasteiger partial charge < -0.3 is 4.90 Å². The van der Waals surface area contributed by atoms with Gasteiger partial charge in [-0.1, -0.05) is 0 Å².